The number of rotatable bonds is 1. The molecule has 0 aliphatic carbocycles. The molecule has 0 saturated heterocycles. The Hall–Kier alpha value is -2.43. The van der Waals surface area contributed by atoms with Crippen LogP contribution in [0.15, 0.2) is 35.1 Å². The number of hydrogen-bond acceptors (Lipinski definition) is 3. The van der Waals surface area contributed by atoms with Gasteiger partial charge in [0.1, 0.15) is 0 Å². The van der Waals surface area contributed by atoms with Crippen molar-refractivity contribution in [2.75, 3.05) is 0 Å². The number of H-pyrrole nitrogens is 1. The van der Waals surface area contributed by atoms with E-state index >= 15 is 0 Å². The summed E-state index contributed by atoms with van der Waals surface area (Å²) in [5.74, 6) is 0. The van der Waals surface area contributed by atoms with Crippen LogP contribution in [0.4, 0.5) is 0 Å². The van der Waals surface area contributed by atoms with E-state index in [0.717, 1.165) is 22.5 Å². The lowest BCUT2D eigenvalue weighted by Crippen LogP contribution is -2.09. The highest BCUT2D eigenvalue weighted by molar-refractivity contribution is 5.83. The first-order valence-electron chi connectivity index (χ1n) is 6.68. The Bertz CT molecular complexity index is 772. The second-order valence-electron chi connectivity index (χ2n) is 4.19. The summed E-state index contributed by atoms with van der Waals surface area (Å²) in [5, 5.41) is 11.6. The molecule has 0 aliphatic heterocycles. The van der Waals surface area contributed by atoms with Crippen LogP contribution in [0.5, 0.6) is 0 Å². The summed E-state index contributed by atoms with van der Waals surface area (Å²) in [6.45, 7) is 7.80. The third-order valence-corrected chi connectivity index (χ3v) is 3.02. The fourth-order valence-corrected chi connectivity index (χ4v) is 2.16. The van der Waals surface area contributed by atoms with Crippen molar-refractivity contribution in [3.63, 3.8) is 0 Å². The van der Waals surface area contributed by atoms with Gasteiger partial charge in [0.05, 0.1) is 22.5 Å². The first-order chi connectivity index (χ1) is 9.68. The summed E-state index contributed by atoms with van der Waals surface area (Å²) in [5.41, 5.74) is 2.82. The van der Waals surface area contributed by atoms with Crippen LogP contribution < -0.4 is 5.56 Å². The third kappa shape index (κ3) is 2.22. The molecule has 20 heavy (non-hydrogen) atoms. The quantitative estimate of drug-likeness (QED) is 0.739. The van der Waals surface area contributed by atoms with Crippen molar-refractivity contribution in [1.82, 2.24) is 20.0 Å². The van der Waals surface area contributed by atoms with Gasteiger partial charge in [0.15, 0.2) is 5.52 Å². The number of aromatic amines is 1. The van der Waals surface area contributed by atoms with Crippen LogP contribution in [0.1, 0.15) is 25.2 Å². The molecule has 0 radical (unpaired) electrons. The normalized spacial score (nSPS) is 10.2. The Morgan fingerprint density at radius 3 is 2.35 bits per heavy atom. The topological polar surface area (TPSA) is 63.6 Å². The molecule has 0 amide bonds. The van der Waals surface area contributed by atoms with Gasteiger partial charge < -0.3 is 0 Å². The highest BCUT2D eigenvalue weighted by Gasteiger charge is 2.14. The predicted octanol–water partition coefficient (Wildman–Crippen LogP) is 2.75. The maximum atomic E-state index is 11.7. The fourth-order valence-electron chi connectivity index (χ4n) is 2.16. The van der Waals surface area contributed by atoms with Crippen LogP contribution in [0.25, 0.3) is 16.6 Å². The maximum absolute atomic E-state index is 11.7. The fraction of sp³-hybridized carbons (Fsp3) is 0.267. The predicted molar refractivity (Wildman–Crippen MR) is 80.3 cm³/mol. The monoisotopic (exact) mass is 270 g/mol. The number of nitrogens with zero attached hydrogens (tertiary/aromatic N) is 3. The molecule has 1 aromatic carbocycles. The van der Waals surface area contributed by atoms with Gasteiger partial charge in [-0.15, -0.1) is 0 Å². The van der Waals surface area contributed by atoms with Crippen LogP contribution >= 0.6 is 0 Å². The Balaban J connectivity index is 0.000000704. The molecule has 2 aromatic heterocycles. The number of aromatic nitrogens is 4. The van der Waals surface area contributed by atoms with E-state index in [2.05, 4.69) is 15.3 Å². The smallest absolute Gasteiger partial charge is 0.265 e. The molecule has 0 spiro atoms. The van der Waals surface area contributed by atoms with E-state index in [1.54, 1.807) is 4.68 Å². The zero-order chi connectivity index (χ0) is 14.7. The van der Waals surface area contributed by atoms with Crippen LogP contribution in [0.2, 0.25) is 0 Å². The lowest BCUT2D eigenvalue weighted by Gasteiger charge is -2.03. The summed E-state index contributed by atoms with van der Waals surface area (Å²) in [6, 6.07) is 9.74. The van der Waals surface area contributed by atoms with Crippen molar-refractivity contribution in [2.24, 2.45) is 0 Å². The van der Waals surface area contributed by atoms with E-state index < -0.39 is 0 Å². The average molecular weight is 270 g/mol. The van der Waals surface area contributed by atoms with Crippen LogP contribution in [0.3, 0.4) is 0 Å². The Morgan fingerprint density at radius 2 is 1.75 bits per heavy atom. The van der Waals surface area contributed by atoms with E-state index in [4.69, 9.17) is 0 Å². The van der Waals surface area contributed by atoms with Gasteiger partial charge in [0, 0.05) is 0 Å². The molecule has 0 fully saturated rings. The van der Waals surface area contributed by atoms with E-state index in [1.807, 2.05) is 58.0 Å². The third-order valence-electron chi connectivity index (χ3n) is 3.02. The van der Waals surface area contributed by atoms with Crippen molar-refractivity contribution in [3.05, 3.63) is 52.1 Å². The molecule has 3 rings (SSSR count). The summed E-state index contributed by atoms with van der Waals surface area (Å²) < 4.78 is 1.77. The molecule has 2 heterocycles. The first-order valence-corrected chi connectivity index (χ1v) is 6.68. The molecule has 0 saturated carbocycles. The van der Waals surface area contributed by atoms with Gasteiger partial charge in [0.2, 0.25) is 0 Å². The van der Waals surface area contributed by atoms with Crippen molar-refractivity contribution >= 4 is 10.9 Å². The zero-order valence-electron chi connectivity index (χ0n) is 12.1. The summed E-state index contributed by atoms with van der Waals surface area (Å²) in [4.78, 5) is 11.7. The number of nitrogens with one attached hydrogen (secondary N) is 1. The Morgan fingerprint density at radius 1 is 1.10 bits per heavy atom. The molecule has 0 atom stereocenters. The number of fused-ring (bicyclic) bond motifs is 1. The molecule has 1 N–H and O–H groups in total. The number of aryl methyl sites for hydroxylation is 2. The second kappa shape index (κ2) is 5.69. The number of hydrogen-bond donors (Lipinski definition) is 1. The van der Waals surface area contributed by atoms with Gasteiger partial charge in [-0.2, -0.15) is 10.2 Å². The van der Waals surface area contributed by atoms with Crippen LogP contribution in [0, 0.1) is 13.8 Å². The lowest BCUT2D eigenvalue weighted by molar-refractivity contribution is 0.858. The molecule has 0 bridgehead atoms. The van der Waals surface area contributed by atoms with E-state index in [9.17, 15) is 4.79 Å². The molecule has 0 unspecified atom stereocenters. The minimum Gasteiger partial charge on any atom is -0.265 e. The van der Waals surface area contributed by atoms with Gasteiger partial charge in [-0.1, -0.05) is 32.0 Å². The van der Waals surface area contributed by atoms with Gasteiger partial charge in [-0.05, 0) is 26.0 Å². The van der Waals surface area contributed by atoms with E-state index in [0.29, 0.717) is 5.52 Å². The average Bonchev–Trinajstić information content (AvgIpc) is 2.85. The minimum atomic E-state index is -0.256. The van der Waals surface area contributed by atoms with Crippen molar-refractivity contribution in [1.29, 1.82) is 0 Å². The molecule has 104 valence electrons. The Labute approximate surface area is 117 Å². The standard InChI is InChI=1S/C13H12N4O.C2H6/c1-8-11-9(2)17(10-6-4-3-5-7-10)16-12(11)13(18)15-14-8;1-2/h3-7H,1-2H3,(H,15,18);1-2H3. The Kier molecular flexibility index (Phi) is 3.98. The summed E-state index contributed by atoms with van der Waals surface area (Å²) >= 11 is 0. The summed E-state index contributed by atoms with van der Waals surface area (Å²) in [6.07, 6.45) is 0. The minimum absolute atomic E-state index is 0.256. The molecule has 5 nitrogen and oxygen atoms in total. The summed E-state index contributed by atoms with van der Waals surface area (Å²) in [7, 11) is 0. The van der Waals surface area contributed by atoms with Gasteiger partial charge >= 0.3 is 0 Å². The van der Waals surface area contributed by atoms with Crippen LogP contribution in [-0.4, -0.2) is 20.0 Å². The molecule has 0 aliphatic rings. The highest BCUT2D eigenvalue weighted by Crippen LogP contribution is 2.20. The molecular formula is C15H18N4O. The number of para-hydroxylation sites is 1. The highest BCUT2D eigenvalue weighted by atomic mass is 16.1. The second-order valence-corrected chi connectivity index (χ2v) is 4.19. The largest absolute Gasteiger partial charge is 0.292 e. The van der Waals surface area contributed by atoms with Crippen LogP contribution in [-0.2, 0) is 0 Å². The maximum Gasteiger partial charge on any atom is 0.292 e. The van der Waals surface area contributed by atoms with Crippen molar-refractivity contribution in [2.45, 2.75) is 27.7 Å². The van der Waals surface area contributed by atoms with E-state index in [1.165, 1.54) is 0 Å². The molecular weight excluding hydrogens is 252 g/mol. The van der Waals surface area contributed by atoms with Gasteiger partial charge in [0.25, 0.3) is 5.56 Å². The lowest BCUT2D eigenvalue weighted by atomic mass is 10.2. The SMILES string of the molecule is CC.Cc1n[nH]c(=O)c2nn(-c3ccccc3)c(C)c12. The molecule has 3 aromatic rings. The number of benzene rings is 1. The van der Waals surface area contributed by atoms with Crippen molar-refractivity contribution in [3.8, 4) is 5.69 Å². The van der Waals surface area contributed by atoms with Gasteiger partial charge in [-0.25, -0.2) is 9.78 Å². The van der Waals surface area contributed by atoms with Gasteiger partial charge in [-0.3, -0.25) is 4.79 Å². The molecule has 5 heteroatoms. The van der Waals surface area contributed by atoms with Crippen molar-refractivity contribution < 1.29 is 0 Å². The zero-order valence-corrected chi connectivity index (χ0v) is 12.1. The van der Waals surface area contributed by atoms with E-state index in [-0.39, 0.29) is 5.56 Å². The first kappa shape index (κ1) is 14.0.